The van der Waals surface area contributed by atoms with Crippen LogP contribution in [0.4, 0.5) is 5.69 Å². The number of nitrogens with one attached hydrogen (secondary N) is 2. The van der Waals surface area contributed by atoms with Gasteiger partial charge in [0, 0.05) is 6.08 Å². The number of nitrogens with zero attached hydrogens (tertiary/aromatic N) is 3. The standard InChI is InChI=1S/C26H31N5O4/c1-18(2)7-4-3-5-16-33-20-13-10-19(11-14-20)12-15-24(32)27-21-8-6-9-22-25(21)35-23(17-34-22)26-28-30-31-29-26/h6,8-15,18,23H,3-5,7,16-17H2,1-2H3,(H,27,32)(H,28,29,30,31). The first kappa shape index (κ1) is 24.3. The van der Waals surface area contributed by atoms with E-state index in [1.54, 1.807) is 24.3 Å². The van der Waals surface area contributed by atoms with E-state index >= 15 is 0 Å². The molecule has 1 aliphatic heterocycles. The quantitative estimate of drug-likeness (QED) is 0.297. The smallest absolute Gasteiger partial charge is 0.248 e. The minimum absolute atomic E-state index is 0.252. The summed E-state index contributed by atoms with van der Waals surface area (Å²) in [7, 11) is 0. The van der Waals surface area contributed by atoms with Crippen molar-refractivity contribution in [3.05, 3.63) is 59.9 Å². The van der Waals surface area contributed by atoms with Gasteiger partial charge < -0.3 is 19.5 Å². The van der Waals surface area contributed by atoms with Crippen molar-refractivity contribution >= 4 is 17.7 Å². The van der Waals surface area contributed by atoms with Gasteiger partial charge in [-0.3, -0.25) is 4.79 Å². The molecule has 0 fully saturated rings. The van der Waals surface area contributed by atoms with Crippen LogP contribution in [-0.2, 0) is 4.79 Å². The number of ether oxygens (including phenoxy) is 3. The topological polar surface area (TPSA) is 111 Å². The van der Waals surface area contributed by atoms with Crippen molar-refractivity contribution in [2.75, 3.05) is 18.5 Å². The van der Waals surface area contributed by atoms with E-state index in [2.05, 4.69) is 39.8 Å². The Balaban J connectivity index is 1.28. The van der Waals surface area contributed by atoms with Crippen LogP contribution >= 0.6 is 0 Å². The van der Waals surface area contributed by atoms with E-state index in [0.717, 1.165) is 30.3 Å². The van der Waals surface area contributed by atoms with E-state index in [-0.39, 0.29) is 12.5 Å². The first-order valence-electron chi connectivity index (χ1n) is 12.0. The van der Waals surface area contributed by atoms with Crippen molar-refractivity contribution in [2.24, 2.45) is 5.92 Å². The number of hydrogen-bond donors (Lipinski definition) is 2. The molecule has 4 rings (SSSR count). The highest BCUT2D eigenvalue weighted by molar-refractivity contribution is 6.03. The minimum atomic E-state index is -0.518. The second-order valence-electron chi connectivity index (χ2n) is 8.80. The molecule has 0 bridgehead atoms. The van der Waals surface area contributed by atoms with Crippen LogP contribution in [0.25, 0.3) is 6.08 Å². The Hall–Kier alpha value is -3.88. The Bertz CT molecular complexity index is 1110. The fraction of sp³-hybridized carbons (Fsp3) is 0.385. The molecule has 1 atom stereocenters. The molecule has 1 aliphatic rings. The molecule has 9 nitrogen and oxygen atoms in total. The molecule has 0 radical (unpaired) electrons. The lowest BCUT2D eigenvalue weighted by Crippen LogP contribution is -2.24. The lowest BCUT2D eigenvalue weighted by Gasteiger charge is -2.26. The van der Waals surface area contributed by atoms with Crippen molar-refractivity contribution in [2.45, 2.75) is 45.6 Å². The molecule has 2 heterocycles. The number of anilines is 1. The lowest BCUT2D eigenvalue weighted by molar-refractivity contribution is -0.111. The Kier molecular flexibility index (Phi) is 8.32. The highest BCUT2D eigenvalue weighted by Crippen LogP contribution is 2.41. The summed E-state index contributed by atoms with van der Waals surface area (Å²) >= 11 is 0. The average molecular weight is 478 g/mol. The summed E-state index contributed by atoms with van der Waals surface area (Å²) in [6, 6.07) is 13.0. The lowest BCUT2D eigenvalue weighted by atomic mass is 10.1. The maximum Gasteiger partial charge on any atom is 0.248 e. The largest absolute Gasteiger partial charge is 0.494 e. The third kappa shape index (κ3) is 7.05. The van der Waals surface area contributed by atoms with Crippen molar-refractivity contribution < 1.29 is 19.0 Å². The number of fused-ring (bicyclic) bond motifs is 1. The van der Waals surface area contributed by atoms with Crippen molar-refractivity contribution in [3.63, 3.8) is 0 Å². The van der Waals surface area contributed by atoms with E-state index in [0.29, 0.717) is 23.0 Å². The van der Waals surface area contributed by atoms with E-state index in [1.807, 2.05) is 24.3 Å². The number of benzene rings is 2. The molecule has 1 unspecified atom stereocenters. The predicted octanol–water partition coefficient (Wildman–Crippen LogP) is 4.96. The van der Waals surface area contributed by atoms with Gasteiger partial charge in [-0.25, -0.2) is 0 Å². The molecule has 0 saturated heterocycles. The van der Waals surface area contributed by atoms with Crippen LogP contribution in [0, 0.1) is 5.92 Å². The number of para-hydroxylation sites is 1. The number of hydrogen-bond acceptors (Lipinski definition) is 7. The number of carbonyl (C=O) groups is 1. The molecule has 0 aliphatic carbocycles. The fourth-order valence-electron chi connectivity index (χ4n) is 3.67. The normalized spacial score (nSPS) is 14.9. The molecule has 9 heteroatoms. The number of unbranched alkanes of at least 4 members (excludes halogenated alkanes) is 2. The third-order valence-corrected chi connectivity index (χ3v) is 5.54. The van der Waals surface area contributed by atoms with E-state index in [9.17, 15) is 4.79 Å². The zero-order valence-electron chi connectivity index (χ0n) is 20.1. The zero-order valence-corrected chi connectivity index (χ0v) is 20.1. The molecular weight excluding hydrogens is 446 g/mol. The summed E-state index contributed by atoms with van der Waals surface area (Å²) in [5.41, 5.74) is 1.40. The van der Waals surface area contributed by atoms with Gasteiger partial charge in [-0.1, -0.05) is 56.5 Å². The van der Waals surface area contributed by atoms with Crippen LogP contribution in [0.3, 0.4) is 0 Å². The van der Waals surface area contributed by atoms with Crippen LogP contribution in [0.1, 0.15) is 57.0 Å². The minimum Gasteiger partial charge on any atom is -0.494 e. The summed E-state index contributed by atoms with van der Waals surface area (Å²) in [4.78, 5) is 12.6. The molecule has 184 valence electrons. The number of aromatic amines is 1. The van der Waals surface area contributed by atoms with Gasteiger partial charge in [0.2, 0.25) is 11.7 Å². The van der Waals surface area contributed by atoms with Gasteiger partial charge in [-0.15, -0.1) is 10.2 Å². The number of tetrazole rings is 1. The number of rotatable bonds is 11. The molecule has 0 saturated carbocycles. The van der Waals surface area contributed by atoms with Gasteiger partial charge in [-0.2, -0.15) is 5.21 Å². The maximum atomic E-state index is 12.6. The highest BCUT2D eigenvalue weighted by atomic mass is 16.6. The van der Waals surface area contributed by atoms with Gasteiger partial charge in [0.05, 0.1) is 12.3 Å². The molecule has 1 aromatic heterocycles. The number of H-pyrrole nitrogens is 1. The van der Waals surface area contributed by atoms with Gasteiger partial charge in [0.1, 0.15) is 12.4 Å². The Morgan fingerprint density at radius 1 is 1.20 bits per heavy atom. The summed E-state index contributed by atoms with van der Waals surface area (Å²) in [5.74, 6) is 2.66. The summed E-state index contributed by atoms with van der Waals surface area (Å²) in [6.45, 7) is 5.48. The summed E-state index contributed by atoms with van der Waals surface area (Å²) in [6.07, 6.45) is 7.47. The second kappa shape index (κ2) is 12.0. The summed E-state index contributed by atoms with van der Waals surface area (Å²) < 4.78 is 17.6. The monoisotopic (exact) mass is 477 g/mol. The van der Waals surface area contributed by atoms with Crippen LogP contribution < -0.4 is 19.5 Å². The molecule has 2 aromatic carbocycles. The molecule has 35 heavy (non-hydrogen) atoms. The Morgan fingerprint density at radius 2 is 2.06 bits per heavy atom. The first-order valence-corrected chi connectivity index (χ1v) is 12.0. The molecule has 1 amide bonds. The van der Waals surface area contributed by atoms with Crippen molar-refractivity contribution in [3.8, 4) is 17.2 Å². The third-order valence-electron chi connectivity index (χ3n) is 5.54. The predicted molar refractivity (Wildman–Crippen MR) is 132 cm³/mol. The van der Waals surface area contributed by atoms with E-state index in [1.165, 1.54) is 25.3 Å². The Labute approximate surface area is 204 Å². The Morgan fingerprint density at radius 3 is 2.83 bits per heavy atom. The summed E-state index contributed by atoms with van der Waals surface area (Å²) in [5, 5.41) is 16.7. The maximum absolute atomic E-state index is 12.6. The van der Waals surface area contributed by atoms with Gasteiger partial charge >= 0.3 is 0 Å². The highest BCUT2D eigenvalue weighted by Gasteiger charge is 2.28. The number of amides is 1. The molecule has 2 N–H and O–H groups in total. The second-order valence-corrected chi connectivity index (χ2v) is 8.80. The fourth-order valence-corrected chi connectivity index (χ4v) is 3.67. The van der Waals surface area contributed by atoms with Crippen LogP contribution in [-0.4, -0.2) is 39.7 Å². The molecular formula is C26H31N5O4. The van der Waals surface area contributed by atoms with Crippen molar-refractivity contribution in [1.29, 1.82) is 0 Å². The van der Waals surface area contributed by atoms with E-state index in [4.69, 9.17) is 14.2 Å². The molecule has 3 aromatic rings. The average Bonchev–Trinajstić information content (AvgIpc) is 3.40. The molecule has 0 spiro atoms. The van der Waals surface area contributed by atoms with Gasteiger partial charge in [0.15, 0.2) is 17.6 Å². The van der Waals surface area contributed by atoms with Crippen LogP contribution in [0.15, 0.2) is 48.5 Å². The zero-order chi connectivity index (χ0) is 24.5. The van der Waals surface area contributed by atoms with E-state index < -0.39 is 6.10 Å². The SMILES string of the molecule is CC(C)CCCCCOc1ccc(C=CC(=O)Nc2cccc3c2OC(c2nn[nH]n2)CO3)cc1. The number of aromatic nitrogens is 4. The van der Waals surface area contributed by atoms with Crippen molar-refractivity contribution in [1.82, 2.24) is 20.6 Å². The number of carbonyl (C=O) groups excluding carboxylic acids is 1. The van der Waals surface area contributed by atoms with Gasteiger partial charge in [0.25, 0.3) is 0 Å². The van der Waals surface area contributed by atoms with Crippen LogP contribution in [0.5, 0.6) is 17.2 Å². The van der Waals surface area contributed by atoms with Gasteiger partial charge in [-0.05, 0) is 48.2 Å². The van der Waals surface area contributed by atoms with Crippen LogP contribution in [0.2, 0.25) is 0 Å². The first-order chi connectivity index (χ1) is 17.1.